The van der Waals surface area contributed by atoms with Gasteiger partial charge in [-0.3, -0.25) is 10.1 Å². The van der Waals surface area contributed by atoms with E-state index in [9.17, 15) is 13.2 Å². The molecule has 30 heavy (non-hydrogen) atoms. The molecule has 156 valence electrons. The van der Waals surface area contributed by atoms with E-state index >= 15 is 0 Å². The Balaban J connectivity index is 1.41. The van der Waals surface area contributed by atoms with E-state index in [2.05, 4.69) is 20.4 Å². The second kappa shape index (κ2) is 8.68. The molecule has 1 amide bonds. The van der Waals surface area contributed by atoms with Crippen molar-refractivity contribution >= 4 is 49.7 Å². The predicted molar refractivity (Wildman–Crippen MR) is 117 cm³/mol. The average Bonchev–Trinajstić information content (AvgIpc) is 3.24. The van der Waals surface area contributed by atoms with Crippen molar-refractivity contribution in [2.75, 3.05) is 36.4 Å². The Bertz CT molecular complexity index is 1150. The minimum absolute atomic E-state index is 0.137. The Hall–Kier alpha value is -2.53. The van der Waals surface area contributed by atoms with Gasteiger partial charge in [0.2, 0.25) is 9.47 Å². The van der Waals surface area contributed by atoms with E-state index in [0.717, 1.165) is 17.0 Å². The lowest BCUT2D eigenvalue weighted by atomic mass is 10.2. The van der Waals surface area contributed by atoms with Crippen LogP contribution in [0.3, 0.4) is 0 Å². The Morgan fingerprint density at radius 3 is 2.43 bits per heavy atom. The Labute approximate surface area is 183 Å². The number of amides is 1. The number of nitrogens with one attached hydrogen (secondary N) is 1. The molecule has 1 aliphatic heterocycles. The molecule has 1 saturated heterocycles. The van der Waals surface area contributed by atoms with Crippen LogP contribution in [0, 0.1) is 0 Å². The number of carbonyl (C=O) groups is 1. The molecule has 0 bridgehead atoms. The van der Waals surface area contributed by atoms with Crippen LogP contribution >= 0.6 is 22.9 Å². The molecule has 1 fully saturated rings. The minimum atomic E-state index is -3.78. The van der Waals surface area contributed by atoms with Gasteiger partial charge in [0.15, 0.2) is 0 Å². The van der Waals surface area contributed by atoms with Crippen molar-refractivity contribution in [1.29, 1.82) is 0 Å². The minimum Gasteiger partial charge on any atom is -0.369 e. The first kappa shape index (κ1) is 20.7. The molecule has 0 unspecified atom stereocenters. The lowest BCUT2D eigenvalue weighted by molar-refractivity contribution is 0.102. The second-order valence-corrected chi connectivity index (χ2v) is 10.1. The van der Waals surface area contributed by atoms with Crippen LogP contribution < -0.4 is 10.2 Å². The maximum Gasteiger partial charge on any atom is 0.272 e. The van der Waals surface area contributed by atoms with Gasteiger partial charge in [-0.1, -0.05) is 47.2 Å². The summed E-state index contributed by atoms with van der Waals surface area (Å²) in [5.74, 6) is -0.370. The van der Waals surface area contributed by atoms with E-state index in [-0.39, 0.29) is 15.4 Å². The molecule has 1 aromatic heterocycles. The van der Waals surface area contributed by atoms with Crippen molar-refractivity contribution in [2.45, 2.75) is 4.34 Å². The quantitative estimate of drug-likeness (QED) is 0.584. The van der Waals surface area contributed by atoms with Crippen LogP contribution in [0.1, 0.15) is 10.4 Å². The lowest BCUT2D eigenvalue weighted by Crippen LogP contribution is -2.48. The number of hydrogen-bond acceptors (Lipinski definition) is 7. The van der Waals surface area contributed by atoms with Gasteiger partial charge in [0.25, 0.3) is 15.9 Å². The molecule has 1 N–H and O–H groups in total. The number of piperazine rings is 1. The van der Waals surface area contributed by atoms with E-state index in [1.807, 2.05) is 18.2 Å². The number of nitrogens with zero attached hydrogens (tertiary/aromatic N) is 4. The summed E-state index contributed by atoms with van der Waals surface area (Å²) in [6.45, 7) is 1.71. The average molecular weight is 464 g/mol. The molecule has 1 aliphatic rings. The highest BCUT2D eigenvalue weighted by Gasteiger charge is 2.32. The Morgan fingerprint density at radius 2 is 1.73 bits per heavy atom. The zero-order valence-electron chi connectivity index (χ0n) is 15.7. The third kappa shape index (κ3) is 4.46. The van der Waals surface area contributed by atoms with Crippen LogP contribution in [0.15, 0.2) is 58.9 Å². The molecule has 3 aromatic rings. The van der Waals surface area contributed by atoms with E-state index in [4.69, 9.17) is 11.6 Å². The third-order valence-corrected chi connectivity index (χ3v) is 7.95. The molecular formula is C19H18ClN5O3S2. The summed E-state index contributed by atoms with van der Waals surface area (Å²) >= 11 is 6.89. The van der Waals surface area contributed by atoms with Crippen LogP contribution in [0.25, 0.3) is 0 Å². The van der Waals surface area contributed by atoms with Gasteiger partial charge in [-0.2, -0.15) is 4.31 Å². The Kier molecular flexibility index (Phi) is 6.00. The Morgan fingerprint density at radius 1 is 1.00 bits per heavy atom. The normalized spacial score (nSPS) is 15.2. The van der Waals surface area contributed by atoms with Crippen molar-refractivity contribution in [3.63, 3.8) is 0 Å². The fraction of sp³-hybridized carbons (Fsp3) is 0.211. The van der Waals surface area contributed by atoms with Crippen molar-refractivity contribution < 1.29 is 13.2 Å². The number of sulfonamides is 1. The summed E-state index contributed by atoms with van der Waals surface area (Å²) in [5.41, 5.74) is 1.41. The second-order valence-electron chi connectivity index (χ2n) is 6.56. The summed E-state index contributed by atoms with van der Waals surface area (Å²) in [5, 5.41) is 11.0. The molecule has 4 rings (SSSR count). The molecule has 0 spiro atoms. The van der Waals surface area contributed by atoms with E-state index < -0.39 is 10.0 Å². The lowest BCUT2D eigenvalue weighted by Gasteiger charge is -2.34. The van der Waals surface area contributed by atoms with Gasteiger partial charge in [0, 0.05) is 42.5 Å². The number of anilines is 2. The molecule has 0 aliphatic carbocycles. The van der Waals surface area contributed by atoms with Gasteiger partial charge in [-0.05, 0) is 30.3 Å². The van der Waals surface area contributed by atoms with Gasteiger partial charge in [0.05, 0.1) is 0 Å². The molecular weight excluding hydrogens is 446 g/mol. The highest BCUT2D eigenvalue weighted by Crippen LogP contribution is 2.26. The summed E-state index contributed by atoms with van der Waals surface area (Å²) in [6, 6.07) is 16.1. The van der Waals surface area contributed by atoms with Gasteiger partial charge in [-0.15, -0.1) is 10.2 Å². The van der Waals surface area contributed by atoms with Crippen LogP contribution in [0.2, 0.25) is 5.02 Å². The van der Waals surface area contributed by atoms with Gasteiger partial charge in [0.1, 0.15) is 0 Å². The largest absolute Gasteiger partial charge is 0.369 e. The molecule has 11 heteroatoms. The molecule has 0 radical (unpaired) electrons. The van der Waals surface area contributed by atoms with Gasteiger partial charge in [-0.25, -0.2) is 8.42 Å². The number of rotatable bonds is 5. The van der Waals surface area contributed by atoms with Gasteiger partial charge < -0.3 is 4.90 Å². The number of hydrogen-bond donors (Lipinski definition) is 1. The first-order valence-electron chi connectivity index (χ1n) is 9.14. The summed E-state index contributed by atoms with van der Waals surface area (Å²) in [6.07, 6.45) is 0. The van der Waals surface area contributed by atoms with E-state index in [1.54, 1.807) is 36.4 Å². The van der Waals surface area contributed by atoms with Crippen LogP contribution in [0.4, 0.5) is 10.8 Å². The first-order chi connectivity index (χ1) is 14.4. The van der Waals surface area contributed by atoms with Crippen molar-refractivity contribution in [1.82, 2.24) is 14.5 Å². The van der Waals surface area contributed by atoms with Crippen molar-refractivity contribution in [2.24, 2.45) is 0 Å². The first-order valence-corrected chi connectivity index (χ1v) is 11.8. The third-order valence-electron chi connectivity index (χ3n) is 4.64. The fourth-order valence-electron chi connectivity index (χ4n) is 3.09. The fourth-order valence-corrected chi connectivity index (χ4v) is 5.73. The maximum atomic E-state index is 12.9. The molecule has 8 nitrogen and oxygen atoms in total. The van der Waals surface area contributed by atoms with E-state index in [1.165, 1.54) is 4.31 Å². The number of benzene rings is 2. The zero-order chi connectivity index (χ0) is 21.1. The van der Waals surface area contributed by atoms with Crippen LogP contribution in [-0.4, -0.2) is 55.0 Å². The van der Waals surface area contributed by atoms with Crippen LogP contribution in [0.5, 0.6) is 0 Å². The highest BCUT2D eigenvalue weighted by molar-refractivity contribution is 7.91. The van der Waals surface area contributed by atoms with Crippen molar-refractivity contribution in [3.8, 4) is 0 Å². The van der Waals surface area contributed by atoms with Gasteiger partial charge >= 0.3 is 0 Å². The summed E-state index contributed by atoms with van der Waals surface area (Å²) in [4.78, 5) is 14.3. The SMILES string of the molecule is O=C(Nc1nnc(S(=O)(=O)N2CCN(c3cccc(Cl)c3)CC2)s1)c1ccccc1. The number of aromatic nitrogens is 2. The summed E-state index contributed by atoms with van der Waals surface area (Å²) in [7, 11) is -3.78. The zero-order valence-corrected chi connectivity index (χ0v) is 18.1. The number of carbonyl (C=O) groups excluding carboxylic acids is 1. The van der Waals surface area contributed by atoms with Crippen molar-refractivity contribution in [3.05, 3.63) is 65.2 Å². The number of halogens is 1. The van der Waals surface area contributed by atoms with Crippen LogP contribution in [-0.2, 0) is 10.0 Å². The highest BCUT2D eigenvalue weighted by atomic mass is 35.5. The topological polar surface area (TPSA) is 95.5 Å². The molecule has 2 heterocycles. The summed E-state index contributed by atoms with van der Waals surface area (Å²) < 4.78 is 27.1. The predicted octanol–water partition coefficient (Wildman–Crippen LogP) is 2.95. The monoisotopic (exact) mass is 463 g/mol. The molecule has 0 saturated carbocycles. The van der Waals surface area contributed by atoms with E-state index in [0.29, 0.717) is 36.8 Å². The molecule has 2 aromatic carbocycles. The standard InChI is InChI=1S/C19H18ClN5O3S2/c20-15-7-4-8-16(13-15)24-9-11-25(12-10-24)30(27,28)19-23-22-18(29-19)21-17(26)14-5-2-1-3-6-14/h1-8,13H,9-12H2,(H,21,22,26). The maximum absolute atomic E-state index is 12.9. The smallest absolute Gasteiger partial charge is 0.272 e. The molecule has 0 atom stereocenters.